The highest BCUT2D eigenvalue weighted by atomic mass is 16.5. The Morgan fingerprint density at radius 1 is 1.08 bits per heavy atom. The van der Waals surface area contributed by atoms with E-state index in [4.69, 9.17) is 4.74 Å². The van der Waals surface area contributed by atoms with Gasteiger partial charge in [0.15, 0.2) is 0 Å². The van der Waals surface area contributed by atoms with Crippen LogP contribution in [0.15, 0.2) is 0 Å². The van der Waals surface area contributed by atoms with Crippen LogP contribution in [-0.2, 0) is 4.74 Å². The third-order valence-corrected chi connectivity index (χ3v) is 2.01. The van der Waals surface area contributed by atoms with Crippen molar-refractivity contribution in [3.05, 3.63) is 0 Å². The van der Waals surface area contributed by atoms with Crippen molar-refractivity contribution in [2.24, 2.45) is 5.92 Å². The van der Waals surface area contributed by atoms with Crippen LogP contribution in [0.1, 0.15) is 60.8 Å². The van der Waals surface area contributed by atoms with E-state index in [1.54, 1.807) is 7.11 Å². The largest absolute Gasteiger partial charge is 0.379 e. The van der Waals surface area contributed by atoms with Crippen LogP contribution in [0.25, 0.3) is 0 Å². The molecule has 0 saturated heterocycles. The molecule has 0 unspecified atom stereocenters. The number of hydrogen-bond acceptors (Lipinski definition) is 1. The minimum absolute atomic E-state index is 0.0417. The van der Waals surface area contributed by atoms with E-state index in [2.05, 4.69) is 6.92 Å². The molecule has 0 amide bonds. The standard InChI is InChI=1S/C5H12O.C5H10.C2H6/c1-5(2,3)6-4;1-5-3-2-4-5;1-2/h1-4H3;5H,2-4H2,1H3;1-2H3. The number of rotatable bonds is 0. The fraction of sp³-hybridized carbons (Fsp3) is 1.00. The smallest absolute Gasteiger partial charge is 0.0594 e. The maximum absolute atomic E-state index is 4.94. The topological polar surface area (TPSA) is 9.23 Å². The van der Waals surface area contributed by atoms with Gasteiger partial charge < -0.3 is 4.74 Å². The average Bonchev–Trinajstić information content (AvgIpc) is 2.04. The SMILES string of the molecule is CC.CC1CCC1.COC(C)(C)C. The first-order chi connectivity index (χ1) is 5.95. The summed E-state index contributed by atoms with van der Waals surface area (Å²) in [6, 6.07) is 0. The molecule has 13 heavy (non-hydrogen) atoms. The van der Waals surface area contributed by atoms with Gasteiger partial charge in [-0.15, -0.1) is 0 Å². The zero-order valence-corrected chi connectivity index (χ0v) is 10.6. The van der Waals surface area contributed by atoms with Gasteiger partial charge in [0.2, 0.25) is 0 Å². The molecule has 0 aromatic rings. The summed E-state index contributed by atoms with van der Waals surface area (Å²) in [5.74, 6) is 1.06. The van der Waals surface area contributed by atoms with Crippen molar-refractivity contribution in [1.29, 1.82) is 0 Å². The van der Waals surface area contributed by atoms with Gasteiger partial charge in [-0.05, 0) is 26.7 Å². The van der Waals surface area contributed by atoms with E-state index in [0.717, 1.165) is 5.92 Å². The molecule has 1 rings (SSSR count). The normalized spacial score (nSPS) is 15.9. The van der Waals surface area contributed by atoms with Gasteiger partial charge in [0, 0.05) is 7.11 Å². The minimum atomic E-state index is 0.0417. The van der Waals surface area contributed by atoms with Crippen LogP contribution in [0.5, 0.6) is 0 Å². The monoisotopic (exact) mass is 188 g/mol. The van der Waals surface area contributed by atoms with E-state index in [1.165, 1.54) is 19.3 Å². The Labute approximate surface area is 84.9 Å². The van der Waals surface area contributed by atoms with Gasteiger partial charge >= 0.3 is 0 Å². The van der Waals surface area contributed by atoms with Crippen LogP contribution < -0.4 is 0 Å². The second-order valence-electron chi connectivity index (χ2n) is 4.35. The van der Waals surface area contributed by atoms with Crippen molar-refractivity contribution in [2.75, 3.05) is 7.11 Å². The van der Waals surface area contributed by atoms with Crippen LogP contribution in [0, 0.1) is 5.92 Å². The molecule has 0 aliphatic heterocycles. The summed E-state index contributed by atoms with van der Waals surface area (Å²) in [5.41, 5.74) is 0.0417. The van der Waals surface area contributed by atoms with Crippen LogP contribution in [-0.4, -0.2) is 12.7 Å². The van der Waals surface area contributed by atoms with Crippen LogP contribution in [0.4, 0.5) is 0 Å². The summed E-state index contributed by atoms with van der Waals surface area (Å²) in [7, 11) is 1.71. The Hall–Kier alpha value is -0.0400. The van der Waals surface area contributed by atoms with E-state index in [1.807, 2.05) is 34.6 Å². The lowest BCUT2D eigenvalue weighted by Crippen LogP contribution is -2.15. The van der Waals surface area contributed by atoms with Gasteiger partial charge in [0.05, 0.1) is 5.60 Å². The maximum Gasteiger partial charge on any atom is 0.0594 e. The molecule has 0 heterocycles. The molecule has 1 aliphatic carbocycles. The zero-order valence-electron chi connectivity index (χ0n) is 10.6. The Morgan fingerprint density at radius 2 is 1.31 bits per heavy atom. The fourth-order valence-corrected chi connectivity index (χ4v) is 0.612. The summed E-state index contributed by atoms with van der Waals surface area (Å²) >= 11 is 0. The molecule has 0 radical (unpaired) electrons. The molecule has 1 nitrogen and oxygen atoms in total. The highest BCUT2D eigenvalue weighted by molar-refractivity contribution is 4.62. The van der Waals surface area contributed by atoms with Crippen LogP contribution >= 0.6 is 0 Å². The van der Waals surface area contributed by atoms with Crippen molar-refractivity contribution in [1.82, 2.24) is 0 Å². The van der Waals surface area contributed by atoms with Crippen LogP contribution in [0.3, 0.4) is 0 Å². The Kier molecular flexibility index (Phi) is 10.2. The molecule has 82 valence electrons. The molecule has 0 aromatic carbocycles. The molecular weight excluding hydrogens is 160 g/mol. The van der Waals surface area contributed by atoms with Gasteiger partial charge in [-0.2, -0.15) is 0 Å². The summed E-state index contributed by atoms with van der Waals surface area (Å²) in [6.07, 6.45) is 4.46. The molecule has 0 atom stereocenters. The minimum Gasteiger partial charge on any atom is -0.379 e. The second kappa shape index (κ2) is 8.55. The van der Waals surface area contributed by atoms with Crippen LogP contribution in [0.2, 0.25) is 0 Å². The fourth-order valence-electron chi connectivity index (χ4n) is 0.612. The van der Waals surface area contributed by atoms with Gasteiger partial charge in [-0.3, -0.25) is 0 Å². The van der Waals surface area contributed by atoms with Crippen molar-refractivity contribution in [2.45, 2.75) is 66.4 Å². The molecule has 1 fully saturated rings. The zero-order chi connectivity index (χ0) is 10.9. The average molecular weight is 188 g/mol. The molecule has 0 spiro atoms. The van der Waals surface area contributed by atoms with E-state index in [0.29, 0.717) is 0 Å². The van der Waals surface area contributed by atoms with Gasteiger partial charge in [-0.1, -0.05) is 40.0 Å². The number of ether oxygens (including phenoxy) is 1. The molecule has 1 saturated carbocycles. The van der Waals surface area contributed by atoms with E-state index in [-0.39, 0.29) is 5.60 Å². The first kappa shape index (κ1) is 15.4. The summed E-state index contributed by atoms with van der Waals surface area (Å²) in [5, 5.41) is 0. The molecular formula is C12H28O. The van der Waals surface area contributed by atoms with Crippen molar-refractivity contribution in [3.8, 4) is 0 Å². The molecule has 0 aromatic heterocycles. The molecule has 0 N–H and O–H groups in total. The number of methoxy groups -OCH3 is 1. The highest BCUT2D eigenvalue weighted by Crippen LogP contribution is 2.24. The summed E-state index contributed by atoms with van der Waals surface area (Å²) in [6.45, 7) is 12.4. The predicted octanol–water partition coefficient (Wildman–Crippen LogP) is 4.26. The summed E-state index contributed by atoms with van der Waals surface area (Å²) in [4.78, 5) is 0. The third-order valence-electron chi connectivity index (χ3n) is 2.01. The molecule has 1 aliphatic rings. The van der Waals surface area contributed by atoms with E-state index >= 15 is 0 Å². The van der Waals surface area contributed by atoms with Crippen molar-refractivity contribution < 1.29 is 4.74 Å². The summed E-state index contributed by atoms with van der Waals surface area (Å²) < 4.78 is 4.94. The van der Waals surface area contributed by atoms with Gasteiger partial charge in [-0.25, -0.2) is 0 Å². The lowest BCUT2D eigenvalue weighted by Gasteiger charge is -2.18. The molecule has 1 heteroatoms. The first-order valence-corrected chi connectivity index (χ1v) is 5.51. The maximum atomic E-state index is 4.94. The van der Waals surface area contributed by atoms with Crippen molar-refractivity contribution >= 4 is 0 Å². The van der Waals surface area contributed by atoms with Crippen molar-refractivity contribution in [3.63, 3.8) is 0 Å². The quantitative estimate of drug-likeness (QED) is 0.552. The Morgan fingerprint density at radius 3 is 1.31 bits per heavy atom. The second-order valence-corrected chi connectivity index (χ2v) is 4.35. The van der Waals surface area contributed by atoms with E-state index < -0.39 is 0 Å². The lowest BCUT2D eigenvalue weighted by molar-refractivity contribution is 0.0397. The molecule has 0 bridgehead atoms. The third kappa shape index (κ3) is 14.8. The van der Waals surface area contributed by atoms with E-state index in [9.17, 15) is 0 Å². The predicted molar refractivity (Wildman–Crippen MR) is 61.1 cm³/mol. The Balaban J connectivity index is 0. The lowest BCUT2D eigenvalue weighted by atomic mass is 9.88. The first-order valence-electron chi connectivity index (χ1n) is 5.51. The van der Waals surface area contributed by atoms with Gasteiger partial charge in [0.1, 0.15) is 0 Å². The van der Waals surface area contributed by atoms with Gasteiger partial charge in [0.25, 0.3) is 0 Å². The Bertz CT molecular complexity index is 87.8. The number of hydrogen-bond donors (Lipinski definition) is 0. The highest BCUT2D eigenvalue weighted by Gasteiger charge is 2.09.